The Morgan fingerprint density at radius 3 is 2.38 bits per heavy atom. The van der Waals surface area contributed by atoms with Crippen molar-refractivity contribution in [1.29, 1.82) is 0 Å². The number of hydrogen-bond acceptors (Lipinski definition) is 5. The Kier molecular flexibility index (Phi) is 5.14. The quantitative estimate of drug-likeness (QED) is 0.650. The lowest BCUT2D eigenvalue weighted by Crippen LogP contribution is -2.13. The molecule has 5 nitrogen and oxygen atoms in total. The predicted molar refractivity (Wildman–Crippen MR) is 102 cm³/mol. The highest BCUT2D eigenvalue weighted by Gasteiger charge is 2.18. The van der Waals surface area contributed by atoms with Gasteiger partial charge in [0.1, 0.15) is 5.75 Å². The number of hydrogen-bond donors (Lipinski definition) is 0. The van der Waals surface area contributed by atoms with Crippen LogP contribution in [0, 0.1) is 13.8 Å². The van der Waals surface area contributed by atoms with Gasteiger partial charge in [0.2, 0.25) is 11.7 Å². The molecule has 0 spiro atoms. The first-order chi connectivity index (χ1) is 12.2. The highest BCUT2D eigenvalue weighted by atomic mass is 32.2. The smallest absolute Gasteiger partial charge is 0.239 e. The van der Waals surface area contributed by atoms with Gasteiger partial charge in [-0.05, 0) is 53.6 Å². The fraction of sp³-hybridized carbons (Fsp3) is 0.400. The SMILES string of the molecule is Cc1cc(C(C)(C)C)cc(C)c1CS(=O)Cc1nc(-c2ccco2)no1. The minimum Gasteiger partial charge on any atom is -0.461 e. The third-order valence-electron chi connectivity index (χ3n) is 4.36. The molecule has 26 heavy (non-hydrogen) atoms. The molecule has 3 rings (SSSR count). The molecule has 0 aliphatic carbocycles. The van der Waals surface area contributed by atoms with E-state index in [0.717, 1.165) is 5.56 Å². The zero-order valence-corrected chi connectivity index (χ0v) is 16.6. The van der Waals surface area contributed by atoms with E-state index in [9.17, 15) is 4.21 Å². The normalized spacial score (nSPS) is 13.1. The zero-order valence-electron chi connectivity index (χ0n) is 15.8. The average Bonchev–Trinajstić information content (AvgIpc) is 3.20. The first-order valence-electron chi connectivity index (χ1n) is 8.56. The van der Waals surface area contributed by atoms with Crippen molar-refractivity contribution in [2.75, 3.05) is 0 Å². The van der Waals surface area contributed by atoms with Crippen LogP contribution < -0.4 is 0 Å². The molecule has 2 aromatic heterocycles. The summed E-state index contributed by atoms with van der Waals surface area (Å²) >= 11 is 0. The molecular weight excluding hydrogens is 348 g/mol. The minimum absolute atomic E-state index is 0.0964. The van der Waals surface area contributed by atoms with Crippen molar-refractivity contribution in [2.45, 2.75) is 51.5 Å². The molecule has 0 N–H and O–H groups in total. The average molecular weight is 372 g/mol. The van der Waals surface area contributed by atoms with Gasteiger partial charge >= 0.3 is 0 Å². The number of aryl methyl sites for hydroxylation is 2. The third-order valence-corrected chi connectivity index (χ3v) is 5.54. The van der Waals surface area contributed by atoms with E-state index in [4.69, 9.17) is 8.94 Å². The lowest BCUT2D eigenvalue weighted by Gasteiger charge is -2.22. The molecule has 138 valence electrons. The van der Waals surface area contributed by atoms with Crippen LogP contribution in [0.2, 0.25) is 0 Å². The lowest BCUT2D eigenvalue weighted by atomic mass is 9.84. The highest BCUT2D eigenvalue weighted by molar-refractivity contribution is 7.83. The van der Waals surface area contributed by atoms with Gasteiger partial charge in [-0.15, -0.1) is 0 Å². The van der Waals surface area contributed by atoms with Crippen molar-refractivity contribution in [1.82, 2.24) is 10.1 Å². The van der Waals surface area contributed by atoms with E-state index in [0.29, 0.717) is 23.2 Å². The van der Waals surface area contributed by atoms with Crippen molar-refractivity contribution < 1.29 is 13.1 Å². The molecule has 0 bridgehead atoms. The van der Waals surface area contributed by atoms with E-state index in [2.05, 4.69) is 56.9 Å². The van der Waals surface area contributed by atoms with E-state index in [1.165, 1.54) is 16.7 Å². The van der Waals surface area contributed by atoms with Crippen LogP contribution in [0.25, 0.3) is 11.6 Å². The van der Waals surface area contributed by atoms with Gasteiger partial charge in [0.25, 0.3) is 0 Å². The molecular formula is C20H24N2O3S. The second kappa shape index (κ2) is 7.19. The Morgan fingerprint density at radius 1 is 1.12 bits per heavy atom. The molecule has 0 radical (unpaired) electrons. The Labute approximate surface area is 156 Å². The maximum atomic E-state index is 12.6. The van der Waals surface area contributed by atoms with Crippen molar-refractivity contribution in [2.24, 2.45) is 0 Å². The van der Waals surface area contributed by atoms with Crippen LogP contribution >= 0.6 is 0 Å². The molecule has 0 fully saturated rings. The van der Waals surface area contributed by atoms with Crippen molar-refractivity contribution >= 4 is 10.8 Å². The molecule has 2 heterocycles. The molecule has 0 aliphatic heterocycles. The predicted octanol–water partition coefficient (Wildman–Crippen LogP) is 4.69. The number of nitrogens with zero attached hydrogens (tertiary/aromatic N) is 2. The summed E-state index contributed by atoms with van der Waals surface area (Å²) in [7, 11) is -1.13. The zero-order chi connectivity index (χ0) is 18.9. The van der Waals surface area contributed by atoms with E-state index in [1.807, 2.05) is 0 Å². The number of rotatable bonds is 5. The fourth-order valence-electron chi connectivity index (χ4n) is 2.82. The molecule has 0 amide bonds. The van der Waals surface area contributed by atoms with E-state index in [1.54, 1.807) is 18.4 Å². The van der Waals surface area contributed by atoms with E-state index < -0.39 is 10.8 Å². The highest BCUT2D eigenvalue weighted by Crippen LogP contribution is 2.28. The molecule has 0 saturated heterocycles. The van der Waals surface area contributed by atoms with Gasteiger partial charge in [0, 0.05) is 16.6 Å². The monoisotopic (exact) mass is 372 g/mol. The summed E-state index contributed by atoms with van der Waals surface area (Å²) in [6.07, 6.45) is 1.55. The van der Waals surface area contributed by atoms with Crippen LogP contribution in [-0.2, 0) is 27.7 Å². The van der Waals surface area contributed by atoms with Crippen LogP contribution in [0.1, 0.15) is 48.9 Å². The summed E-state index contributed by atoms with van der Waals surface area (Å²) in [6.45, 7) is 10.8. The molecule has 1 aromatic carbocycles. The Morgan fingerprint density at radius 2 is 1.81 bits per heavy atom. The first kappa shape index (κ1) is 18.6. The van der Waals surface area contributed by atoms with E-state index >= 15 is 0 Å². The second-order valence-electron chi connectivity index (χ2n) is 7.56. The van der Waals surface area contributed by atoms with Crippen LogP contribution in [0.5, 0.6) is 0 Å². The standard InChI is InChI=1S/C20H24N2O3S/c1-13-9-15(20(3,4)5)10-14(2)16(13)11-26(23)12-18-21-19(22-25-18)17-7-6-8-24-17/h6-10H,11-12H2,1-5H3. The summed E-state index contributed by atoms with van der Waals surface area (Å²) in [4.78, 5) is 4.26. The topological polar surface area (TPSA) is 69.1 Å². The van der Waals surface area contributed by atoms with Crippen molar-refractivity contribution in [3.8, 4) is 11.6 Å². The van der Waals surface area contributed by atoms with Crippen molar-refractivity contribution in [3.05, 3.63) is 58.7 Å². The lowest BCUT2D eigenvalue weighted by molar-refractivity contribution is 0.389. The number of aromatic nitrogens is 2. The summed E-state index contributed by atoms with van der Waals surface area (Å²) in [5, 5.41) is 3.88. The summed E-state index contributed by atoms with van der Waals surface area (Å²) in [6, 6.07) is 7.91. The molecule has 0 aliphatic rings. The molecule has 6 heteroatoms. The van der Waals surface area contributed by atoms with Crippen LogP contribution in [-0.4, -0.2) is 14.3 Å². The second-order valence-corrected chi connectivity index (χ2v) is 9.01. The largest absolute Gasteiger partial charge is 0.461 e. The molecule has 3 aromatic rings. The third kappa shape index (κ3) is 4.12. The Bertz CT molecular complexity index is 898. The molecule has 1 atom stereocenters. The van der Waals surface area contributed by atoms with E-state index in [-0.39, 0.29) is 11.2 Å². The van der Waals surface area contributed by atoms with Crippen LogP contribution in [0.15, 0.2) is 39.5 Å². The minimum atomic E-state index is -1.13. The van der Waals surface area contributed by atoms with Crippen molar-refractivity contribution in [3.63, 3.8) is 0 Å². The van der Waals surface area contributed by atoms with Gasteiger partial charge in [0.15, 0.2) is 5.76 Å². The van der Waals surface area contributed by atoms with Gasteiger partial charge in [-0.25, -0.2) is 0 Å². The van der Waals surface area contributed by atoms with Crippen LogP contribution in [0.3, 0.4) is 0 Å². The molecule has 1 unspecified atom stereocenters. The summed E-state index contributed by atoms with van der Waals surface area (Å²) in [5.74, 6) is 1.98. The first-order valence-corrected chi connectivity index (χ1v) is 10.0. The van der Waals surface area contributed by atoms with Gasteiger partial charge in [0.05, 0.1) is 6.26 Å². The fourth-order valence-corrected chi connectivity index (χ4v) is 4.10. The number of furan rings is 1. The van der Waals surface area contributed by atoms with Gasteiger partial charge in [-0.1, -0.05) is 38.1 Å². The van der Waals surface area contributed by atoms with Gasteiger partial charge in [-0.2, -0.15) is 4.98 Å². The Balaban J connectivity index is 1.72. The Hall–Kier alpha value is -2.21. The number of benzene rings is 1. The summed E-state index contributed by atoms with van der Waals surface area (Å²) < 4.78 is 23.1. The summed E-state index contributed by atoms with van der Waals surface area (Å²) in [5.41, 5.74) is 4.86. The maximum absolute atomic E-state index is 12.6. The van der Waals surface area contributed by atoms with Gasteiger partial charge < -0.3 is 8.94 Å². The maximum Gasteiger partial charge on any atom is 0.239 e. The molecule has 0 saturated carbocycles. The van der Waals surface area contributed by atoms with Crippen LogP contribution in [0.4, 0.5) is 0 Å². The van der Waals surface area contributed by atoms with Gasteiger partial charge in [-0.3, -0.25) is 4.21 Å².